The van der Waals surface area contributed by atoms with E-state index in [0.29, 0.717) is 22.6 Å². The number of hydrogen-bond donors (Lipinski definition) is 2. The van der Waals surface area contributed by atoms with Gasteiger partial charge < -0.3 is 14.5 Å². The number of nitrogens with one attached hydrogen (secondary N) is 2. The van der Waals surface area contributed by atoms with Crippen molar-refractivity contribution in [2.24, 2.45) is 5.10 Å². The van der Waals surface area contributed by atoms with Crippen molar-refractivity contribution in [3.05, 3.63) is 117 Å². The Hall–Kier alpha value is -4.21. The van der Waals surface area contributed by atoms with Crippen molar-refractivity contribution in [2.45, 2.75) is 0 Å². The molecule has 0 aliphatic rings. The van der Waals surface area contributed by atoms with Crippen LogP contribution in [0.3, 0.4) is 0 Å². The van der Waals surface area contributed by atoms with Crippen molar-refractivity contribution >= 4 is 60.9 Å². The van der Waals surface area contributed by atoms with Gasteiger partial charge in [-0.25, -0.2) is 10.2 Å². The van der Waals surface area contributed by atoms with Crippen LogP contribution in [0.1, 0.15) is 26.4 Å². The minimum absolute atomic E-state index is 0.266. The van der Waals surface area contributed by atoms with Crippen LogP contribution in [0.25, 0.3) is 22.0 Å². The Morgan fingerprint density at radius 3 is 2.41 bits per heavy atom. The summed E-state index contributed by atoms with van der Waals surface area (Å²) in [5, 5.41) is 5.06. The summed E-state index contributed by atoms with van der Waals surface area (Å²) in [6.07, 6.45) is 1.49. The van der Waals surface area contributed by atoms with Gasteiger partial charge in [-0.2, -0.15) is 5.10 Å². The number of nitrogens with zero attached hydrogens (tertiary/aromatic N) is 1. The van der Waals surface area contributed by atoms with E-state index in [4.69, 9.17) is 9.47 Å². The number of benzene rings is 4. The molecule has 0 aliphatic heterocycles. The summed E-state index contributed by atoms with van der Waals surface area (Å²) >= 11 is 6.91. The predicted molar refractivity (Wildman–Crippen MR) is 159 cm³/mol. The number of halogens is 2. The Labute approximate surface area is 241 Å². The third-order valence-corrected chi connectivity index (χ3v) is 7.11. The number of methoxy groups -OCH3 is 1. The topological polar surface area (TPSA) is 92.8 Å². The van der Waals surface area contributed by atoms with Crippen molar-refractivity contribution in [1.82, 2.24) is 10.4 Å². The van der Waals surface area contributed by atoms with E-state index in [1.807, 2.05) is 48.5 Å². The molecule has 1 heterocycles. The lowest BCUT2D eigenvalue weighted by atomic mass is 10.0. The van der Waals surface area contributed by atoms with E-state index in [9.17, 15) is 9.59 Å². The molecule has 0 aliphatic carbocycles. The van der Waals surface area contributed by atoms with E-state index < -0.39 is 5.97 Å². The molecule has 4 aromatic carbocycles. The van der Waals surface area contributed by atoms with Crippen molar-refractivity contribution < 1.29 is 19.1 Å². The fourth-order valence-corrected chi connectivity index (χ4v) is 4.80. The Morgan fingerprint density at radius 2 is 1.67 bits per heavy atom. The Morgan fingerprint density at radius 1 is 0.897 bits per heavy atom. The van der Waals surface area contributed by atoms with Crippen LogP contribution >= 0.6 is 31.9 Å². The van der Waals surface area contributed by atoms with Crippen LogP contribution < -0.4 is 14.9 Å². The fraction of sp³-hybridized carbons (Fsp3) is 0.0333. The molecule has 0 fully saturated rings. The Balaban J connectivity index is 1.35. The lowest BCUT2D eigenvalue weighted by Gasteiger charge is -2.10. The zero-order chi connectivity index (χ0) is 27.4. The molecule has 9 heteroatoms. The highest BCUT2D eigenvalue weighted by molar-refractivity contribution is 9.11. The number of ether oxygens (including phenoxy) is 2. The average molecular weight is 647 g/mol. The zero-order valence-electron chi connectivity index (χ0n) is 20.6. The molecule has 0 radical (unpaired) electrons. The summed E-state index contributed by atoms with van der Waals surface area (Å²) in [4.78, 5) is 28.9. The number of carbonyl (C=O) groups excluding carboxylic acids is 2. The number of hydrazone groups is 1. The van der Waals surface area contributed by atoms with Gasteiger partial charge in [-0.1, -0.05) is 58.4 Å². The number of amides is 1. The number of aromatic nitrogens is 1. The Bertz CT molecular complexity index is 1700. The van der Waals surface area contributed by atoms with Crippen LogP contribution in [0.15, 0.2) is 105 Å². The molecule has 0 unspecified atom stereocenters. The first-order valence-electron chi connectivity index (χ1n) is 11.8. The Kier molecular flexibility index (Phi) is 7.90. The lowest BCUT2D eigenvalue weighted by Crippen LogP contribution is -2.18. The third kappa shape index (κ3) is 5.79. The number of carbonyl (C=O) groups is 2. The second kappa shape index (κ2) is 11.7. The second-order valence-corrected chi connectivity index (χ2v) is 10.2. The van der Waals surface area contributed by atoms with E-state index in [-0.39, 0.29) is 11.7 Å². The number of aromatic amines is 1. The summed E-state index contributed by atoms with van der Waals surface area (Å²) < 4.78 is 12.6. The van der Waals surface area contributed by atoms with Crippen LogP contribution in [-0.2, 0) is 0 Å². The zero-order valence-corrected chi connectivity index (χ0v) is 23.7. The first-order valence-corrected chi connectivity index (χ1v) is 13.4. The van der Waals surface area contributed by atoms with Crippen molar-refractivity contribution in [1.29, 1.82) is 0 Å². The van der Waals surface area contributed by atoms with E-state index in [0.717, 1.165) is 31.0 Å². The van der Waals surface area contributed by atoms with Crippen LogP contribution in [0.5, 0.6) is 11.5 Å². The number of H-pyrrole nitrogens is 1. The van der Waals surface area contributed by atoms with Crippen LogP contribution in [0, 0.1) is 0 Å². The minimum Gasteiger partial charge on any atom is -0.493 e. The molecular formula is C30H21Br2N3O4. The maximum Gasteiger partial charge on any atom is 0.343 e. The molecule has 194 valence electrons. The average Bonchev–Trinajstić information content (AvgIpc) is 3.35. The van der Waals surface area contributed by atoms with Gasteiger partial charge in [0.1, 0.15) is 5.69 Å². The first-order chi connectivity index (χ1) is 18.9. The molecule has 39 heavy (non-hydrogen) atoms. The monoisotopic (exact) mass is 645 g/mol. The summed E-state index contributed by atoms with van der Waals surface area (Å²) in [6, 6.07) is 27.4. The molecule has 5 aromatic rings. The molecular weight excluding hydrogens is 626 g/mol. The van der Waals surface area contributed by atoms with Gasteiger partial charge >= 0.3 is 5.97 Å². The van der Waals surface area contributed by atoms with Gasteiger partial charge in [-0.15, -0.1) is 0 Å². The van der Waals surface area contributed by atoms with Gasteiger partial charge in [0.05, 0.1) is 24.4 Å². The first kappa shape index (κ1) is 26.4. The number of fused-ring (bicyclic) bond motifs is 1. The van der Waals surface area contributed by atoms with Gasteiger partial charge in [-0.3, -0.25) is 4.79 Å². The quantitative estimate of drug-likeness (QED) is 0.0837. The molecule has 0 saturated heterocycles. The van der Waals surface area contributed by atoms with Crippen LogP contribution in [0.2, 0.25) is 0 Å². The summed E-state index contributed by atoms with van der Waals surface area (Å²) in [6.45, 7) is 0. The minimum atomic E-state index is -0.506. The molecule has 0 spiro atoms. The van der Waals surface area contributed by atoms with Crippen molar-refractivity contribution in [2.75, 3.05) is 7.11 Å². The number of para-hydroxylation sites is 1. The predicted octanol–water partition coefficient (Wildman–Crippen LogP) is 7.35. The van der Waals surface area contributed by atoms with Gasteiger partial charge in [-0.05, 0) is 75.6 Å². The molecule has 0 saturated carbocycles. The van der Waals surface area contributed by atoms with Crippen molar-refractivity contribution in [3.8, 4) is 22.6 Å². The number of hydrogen-bond acceptors (Lipinski definition) is 5. The van der Waals surface area contributed by atoms with Crippen LogP contribution in [-0.4, -0.2) is 30.2 Å². The van der Waals surface area contributed by atoms with Gasteiger partial charge in [0.15, 0.2) is 11.5 Å². The fourth-order valence-electron chi connectivity index (χ4n) is 4.07. The maximum absolute atomic E-state index is 13.2. The standard InChI is InChI=1S/C30H21Br2N3O4/c1-38-25-16-18(10-15-24(25)39-30(37)20-11-13-21(31)14-12-20)17-33-35-29(36)28-26(19-6-3-2-4-7-19)22-8-5-9-23(32)27(22)34-28/h2-17,34H,1H3,(H,35,36). The SMILES string of the molecule is COc1cc(C=NNC(=O)c2[nH]c3c(Br)cccc3c2-c2ccccc2)ccc1OC(=O)c1ccc(Br)cc1. The molecule has 1 amide bonds. The highest BCUT2D eigenvalue weighted by atomic mass is 79.9. The highest BCUT2D eigenvalue weighted by Gasteiger charge is 2.20. The molecule has 0 bridgehead atoms. The summed E-state index contributed by atoms with van der Waals surface area (Å²) in [7, 11) is 1.48. The second-order valence-electron chi connectivity index (χ2n) is 8.41. The third-order valence-electron chi connectivity index (χ3n) is 5.92. The lowest BCUT2D eigenvalue weighted by molar-refractivity contribution is 0.0729. The van der Waals surface area contributed by atoms with Gasteiger partial charge in [0.25, 0.3) is 5.91 Å². The van der Waals surface area contributed by atoms with Crippen molar-refractivity contribution in [3.63, 3.8) is 0 Å². The largest absolute Gasteiger partial charge is 0.493 e. The number of esters is 1. The number of rotatable bonds is 7. The van der Waals surface area contributed by atoms with E-state index in [2.05, 4.69) is 47.4 Å². The smallest absolute Gasteiger partial charge is 0.343 e. The van der Waals surface area contributed by atoms with Crippen LogP contribution in [0.4, 0.5) is 0 Å². The molecule has 5 rings (SSSR count). The molecule has 2 N–H and O–H groups in total. The van der Waals surface area contributed by atoms with E-state index in [1.54, 1.807) is 42.5 Å². The maximum atomic E-state index is 13.2. The molecule has 0 atom stereocenters. The van der Waals surface area contributed by atoms with Gasteiger partial charge in [0.2, 0.25) is 0 Å². The van der Waals surface area contributed by atoms with E-state index >= 15 is 0 Å². The molecule has 1 aromatic heterocycles. The summed E-state index contributed by atoms with van der Waals surface area (Å²) in [5.41, 5.74) is 6.57. The van der Waals surface area contributed by atoms with E-state index in [1.165, 1.54) is 13.3 Å². The van der Waals surface area contributed by atoms with Gasteiger partial charge in [0, 0.05) is 19.9 Å². The summed E-state index contributed by atoms with van der Waals surface area (Å²) in [5.74, 6) is -0.279. The normalized spacial score (nSPS) is 11.1. The molecule has 7 nitrogen and oxygen atoms in total. The highest BCUT2D eigenvalue weighted by Crippen LogP contribution is 2.35.